The number of benzene rings is 1. The van der Waals surface area contributed by atoms with Gasteiger partial charge in [-0.3, -0.25) is 0 Å². The van der Waals surface area contributed by atoms with Crippen molar-refractivity contribution in [1.29, 1.82) is 0 Å². The van der Waals surface area contributed by atoms with Crippen LogP contribution in [0.25, 0.3) is 0 Å². The Morgan fingerprint density at radius 1 is 1.25 bits per heavy atom. The number of aliphatic hydroxyl groups excluding tert-OH is 1. The highest BCUT2D eigenvalue weighted by atomic mass is 32.2. The molecule has 0 radical (unpaired) electrons. The number of hydrogen-bond acceptors (Lipinski definition) is 5. The van der Waals surface area contributed by atoms with Crippen LogP contribution in [-0.2, 0) is 10.0 Å². The molecule has 0 saturated carbocycles. The van der Waals surface area contributed by atoms with Gasteiger partial charge < -0.3 is 14.3 Å². The molecule has 7 heteroatoms. The summed E-state index contributed by atoms with van der Waals surface area (Å²) in [7, 11) is -2.11. The average molecular weight is 353 g/mol. The summed E-state index contributed by atoms with van der Waals surface area (Å²) in [6, 6.07) is 6.55. The number of aryl methyl sites for hydroxylation is 3. The largest absolute Gasteiger partial charge is 0.497 e. The van der Waals surface area contributed by atoms with Crippen molar-refractivity contribution in [3.63, 3.8) is 0 Å². The van der Waals surface area contributed by atoms with Crippen LogP contribution in [0.5, 0.6) is 5.75 Å². The van der Waals surface area contributed by atoms with Crippen molar-refractivity contribution in [2.45, 2.75) is 38.2 Å². The first-order valence-corrected chi connectivity index (χ1v) is 9.12. The van der Waals surface area contributed by atoms with Gasteiger partial charge in [0.25, 0.3) is 0 Å². The fourth-order valence-electron chi connectivity index (χ4n) is 2.59. The summed E-state index contributed by atoms with van der Waals surface area (Å²) in [4.78, 5) is 0.202. The molecule has 0 fully saturated rings. The van der Waals surface area contributed by atoms with Crippen LogP contribution in [0.15, 0.2) is 33.6 Å². The normalized spacial score (nSPS) is 13.0. The fraction of sp³-hybridized carbons (Fsp3) is 0.412. The van der Waals surface area contributed by atoms with Crippen molar-refractivity contribution >= 4 is 10.0 Å². The lowest BCUT2D eigenvalue weighted by Crippen LogP contribution is -2.26. The van der Waals surface area contributed by atoms with Gasteiger partial charge in [0.05, 0.1) is 18.1 Å². The number of nitrogens with one attached hydrogen (secondary N) is 1. The summed E-state index contributed by atoms with van der Waals surface area (Å²) < 4.78 is 37.8. The van der Waals surface area contributed by atoms with E-state index in [1.807, 2.05) is 0 Å². The highest BCUT2D eigenvalue weighted by Crippen LogP contribution is 2.24. The van der Waals surface area contributed by atoms with E-state index >= 15 is 0 Å². The molecule has 0 saturated heterocycles. The lowest BCUT2D eigenvalue weighted by atomic mass is 10.1. The lowest BCUT2D eigenvalue weighted by Gasteiger charge is -2.13. The van der Waals surface area contributed by atoms with E-state index in [0.717, 1.165) is 5.76 Å². The predicted molar refractivity (Wildman–Crippen MR) is 90.7 cm³/mol. The maximum atomic E-state index is 12.4. The highest BCUT2D eigenvalue weighted by Gasteiger charge is 2.19. The fourth-order valence-corrected chi connectivity index (χ4v) is 3.87. The molecule has 0 aliphatic carbocycles. The quantitative estimate of drug-likeness (QED) is 0.799. The first-order valence-electron chi connectivity index (χ1n) is 7.64. The van der Waals surface area contributed by atoms with E-state index in [9.17, 15) is 13.5 Å². The summed E-state index contributed by atoms with van der Waals surface area (Å²) in [5.41, 5.74) is 1.29. The number of rotatable bonds is 7. The van der Waals surface area contributed by atoms with Gasteiger partial charge >= 0.3 is 0 Å². The van der Waals surface area contributed by atoms with Gasteiger partial charge in [-0.25, -0.2) is 13.1 Å². The predicted octanol–water partition coefficient (Wildman–Crippen LogP) is 2.62. The van der Waals surface area contributed by atoms with E-state index in [0.29, 0.717) is 22.6 Å². The standard InChI is InChI=1S/C17H23NO5S/c1-11-9-14(22-4)5-6-17(11)24(20,21)18-8-7-16(19)15-10-12(2)23-13(15)3/h5-6,9-10,16,18-19H,7-8H2,1-4H3/t16-/m0/s1. The smallest absolute Gasteiger partial charge is 0.240 e. The average Bonchev–Trinajstić information content (AvgIpc) is 2.85. The highest BCUT2D eigenvalue weighted by molar-refractivity contribution is 7.89. The van der Waals surface area contributed by atoms with Gasteiger partial charge in [0.2, 0.25) is 10.0 Å². The molecule has 132 valence electrons. The Kier molecular flexibility index (Phi) is 5.69. The maximum absolute atomic E-state index is 12.4. The third-order valence-corrected chi connectivity index (χ3v) is 5.44. The Labute approximate surface area is 142 Å². The minimum atomic E-state index is -3.64. The SMILES string of the molecule is COc1ccc(S(=O)(=O)NCC[C@H](O)c2cc(C)oc2C)c(C)c1. The molecule has 1 aromatic carbocycles. The number of methoxy groups -OCH3 is 1. The van der Waals surface area contributed by atoms with Gasteiger partial charge in [-0.15, -0.1) is 0 Å². The summed E-state index contributed by atoms with van der Waals surface area (Å²) in [6.45, 7) is 5.41. The minimum Gasteiger partial charge on any atom is -0.497 e. The molecule has 1 heterocycles. The lowest BCUT2D eigenvalue weighted by molar-refractivity contribution is 0.167. The molecule has 0 aliphatic rings. The summed E-state index contributed by atoms with van der Waals surface area (Å²) in [5, 5.41) is 10.2. The summed E-state index contributed by atoms with van der Waals surface area (Å²) >= 11 is 0. The van der Waals surface area contributed by atoms with Crippen molar-refractivity contribution in [3.8, 4) is 5.75 Å². The molecule has 2 N–H and O–H groups in total. The van der Waals surface area contributed by atoms with Crippen molar-refractivity contribution in [2.75, 3.05) is 13.7 Å². The molecule has 0 aliphatic heterocycles. The van der Waals surface area contributed by atoms with Gasteiger partial charge in [0.1, 0.15) is 17.3 Å². The molecular weight excluding hydrogens is 330 g/mol. The second kappa shape index (κ2) is 7.38. The van der Waals surface area contributed by atoms with E-state index in [4.69, 9.17) is 9.15 Å². The molecule has 24 heavy (non-hydrogen) atoms. The zero-order chi connectivity index (χ0) is 17.9. The zero-order valence-electron chi connectivity index (χ0n) is 14.3. The van der Waals surface area contributed by atoms with Gasteiger partial charge in [-0.2, -0.15) is 0 Å². The van der Waals surface area contributed by atoms with E-state index < -0.39 is 16.1 Å². The van der Waals surface area contributed by atoms with Crippen LogP contribution >= 0.6 is 0 Å². The van der Waals surface area contributed by atoms with Crippen LogP contribution in [-0.4, -0.2) is 27.2 Å². The Hall–Kier alpha value is -1.83. The molecule has 1 aromatic heterocycles. The van der Waals surface area contributed by atoms with Crippen LogP contribution in [0, 0.1) is 20.8 Å². The maximum Gasteiger partial charge on any atom is 0.240 e. The second-order valence-electron chi connectivity index (χ2n) is 5.70. The van der Waals surface area contributed by atoms with Gasteiger partial charge in [0, 0.05) is 12.1 Å². The van der Waals surface area contributed by atoms with E-state index in [1.54, 1.807) is 39.0 Å². The van der Waals surface area contributed by atoms with Crippen molar-refractivity contribution in [3.05, 3.63) is 46.9 Å². The topological polar surface area (TPSA) is 88.8 Å². The molecular formula is C17H23NO5S. The Bertz CT molecular complexity index is 810. The van der Waals surface area contributed by atoms with Crippen LogP contribution in [0.4, 0.5) is 0 Å². The van der Waals surface area contributed by atoms with Crippen LogP contribution in [0.3, 0.4) is 0 Å². The molecule has 0 spiro atoms. The molecule has 1 atom stereocenters. The minimum absolute atomic E-state index is 0.124. The third-order valence-electron chi connectivity index (χ3n) is 3.82. The van der Waals surface area contributed by atoms with Crippen LogP contribution in [0.2, 0.25) is 0 Å². The van der Waals surface area contributed by atoms with E-state index in [-0.39, 0.29) is 17.9 Å². The number of furan rings is 1. The van der Waals surface area contributed by atoms with Gasteiger partial charge in [-0.05, 0) is 57.0 Å². The molecule has 6 nitrogen and oxygen atoms in total. The van der Waals surface area contributed by atoms with Gasteiger partial charge in [-0.1, -0.05) is 0 Å². The number of hydrogen-bond donors (Lipinski definition) is 2. The van der Waals surface area contributed by atoms with Crippen molar-refractivity contribution in [1.82, 2.24) is 4.72 Å². The number of ether oxygens (including phenoxy) is 1. The molecule has 0 bridgehead atoms. The molecule has 2 rings (SSSR count). The molecule has 2 aromatic rings. The van der Waals surface area contributed by atoms with Crippen molar-refractivity contribution < 1.29 is 22.7 Å². The Morgan fingerprint density at radius 3 is 2.50 bits per heavy atom. The molecule has 0 amide bonds. The van der Waals surface area contributed by atoms with E-state index in [2.05, 4.69) is 4.72 Å². The van der Waals surface area contributed by atoms with E-state index in [1.165, 1.54) is 13.2 Å². The van der Waals surface area contributed by atoms with Crippen LogP contribution in [0.1, 0.15) is 35.2 Å². The summed E-state index contributed by atoms with van der Waals surface area (Å²) in [5.74, 6) is 1.97. The van der Waals surface area contributed by atoms with Gasteiger partial charge in [0.15, 0.2) is 0 Å². The monoisotopic (exact) mass is 353 g/mol. The first-order chi connectivity index (χ1) is 11.2. The number of aliphatic hydroxyl groups is 1. The first kappa shape index (κ1) is 18.5. The molecule has 0 unspecified atom stereocenters. The second-order valence-corrected chi connectivity index (χ2v) is 7.44. The third kappa shape index (κ3) is 4.17. The van der Waals surface area contributed by atoms with Crippen molar-refractivity contribution in [2.24, 2.45) is 0 Å². The van der Waals surface area contributed by atoms with Crippen LogP contribution < -0.4 is 9.46 Å². The Morgan fingerprint density at radius 2 is 1.96 bits per heavy atom. The Balaban J connectivity index is 2.01. The zero-order valence-corrected chi connectivity index (χ0v) is 15.1. The summed E-state index contributed by atoms with van der Waals surface area (Å²) in [6.07, 6.45) is -0.518. The number of sulfonamides is 1.